The first-order chi connectivity index (χ1) is 14.7. The van der Waals surface area contributed by atoms with Gasteiger partial charge in [-0.25, -0.2) is 4.98 Å². The average Bonchev–Trinajstić information content (AvgIpc) is 3.47. The van der Waals surface area contributed by atoms with Crippen LogP contribution in [0.5, 0.6) is 5.75 Å². The second kappa shape index (κ2) is 8.06. The van der Waals surface area contributed by atoms with Gasteiger partial charge in [-0.2, -0.15) is 0 Å². The minimum atomic E-state index is -0.420. The van der Waals surface area contributed by atoms with Crippen LogP contribution in [0.1, 0.15) is 67.4 Å². The number of fused-ring (bicyclic) bond motifs is 1. The van der Waals surface area contributed by atoms with Crippen molar-refractivity contribution in [2.45, 2.75) is 62.8 Å². The lowest BCUT2D eigenvalue weighted by Crippen LogP contribution is -2.47. The van der Waals surface area contributed by atoms with Gasteiger partial charge in [0.05, 0.1) is 19.1 Å². The van der Waals surface area contributed by atoms with E-state index in [0.717, 1.165) is 86.8 Å². The zero-order chi connectivity index (χ0) is 20.6. The molecule has 0 unspecified atom stereocenters. The van der Waals surface area contributed by atoms with Crippen LogP contribution in [-0.4, -0.2) is 42.7 Å². The molecule has 2 aliphatic heterocycles. The smallest absolute Gasteiger partial charge is 0.233 e. The summed E-state index contributed by atoms with van der Waals surface area (Å²) in [5.74, 6) is 3.21. The standard InChI is InChI=1S/C24H30N2O4/c1-28-19-6-4-18(5-7-19)24(11-2-3-12-24)23(27)26-13-8-21-20(16-26)25-22(30-21)17-9-14-29-15-10-17/h4-7,17H,2-3,8-16H2,1H3. The number of amides is 1. The molecule has 3 heterocycles. The minimum absolute atomic E-state index is 0.242. The van der Waals surface area contributed by atoms with Crippen LogP contribution in [-0.2, 0) is 27.9 Å². The molecule has 1 saturated carbocycles. The number of carbonyl (C=O) groups is 1. The van der Waals surface area contributed by atoms with Crippen molar-refractivity contribution in [3.63, 3.8) is 0 Å². The monoisotopic (exact) mass is 410 g/mol. The molecule has 1 aromatic heterocycles. The van der Waals surface area contributed by atoms with Crippen molar-refractivity contribution < 1.29 is 18.7 Å². The molecule has 0 spiro atoms. The molecule has 2 aromatic rings. The maximum absolute atomic E-state index is 13.8. The number of aromatic nitrogens is 1. The van der Waals surface area contributed by atoms with Gasteiger partial charge in [0.15, 0.2) is 5.89 Å². The van der Waals surface area contributed by atoms with Gasteiger partial charge in [-0.3, -0.25) is 4.79 Å². The summed E-state index contributed by atoms with van der Waals surface area (Å²) < 4.78 is 16.9. The summed E-state index contributed by atoms with van der Waals surface area (Å²) in [7, 11) is 1.67. The van der Waals surface area contributed by atoms with E-state index in [2.05, 4.69) is 12.1 Å². The van der Waals surface area contributed by atoms with E-state index in [1.165, 1.54) is 0 Å². The van der Waals surface area contributed by atoms with Gasteiger partial charge in [0.1, 0.15) is 17.2 Å². The number of ether oxygens (including phenoxy) is 2. The molecule has 6 heteroatoms. The first kappa shape index (κ1) is 19.6. The zero-order valence-corrected chi connectivity index (χ0v) is 17.7. The molecular formula is C24H30N2O4. The van der Waals surface area contributed by atoms with Crippen LogP contribution in [0.4, 0.5) is 0 Å². The van der Waals surface area contributed by atoms with Crippen molar-refractivity contribution in [1.82, 2.24) is 9.88 Å². The van der Waals surface area contributed by atoms with Gasteiger partial charge >= 0.3 is 0 Å². The van der Waals surface area contributed by atoms with E-state index < -0.39 is 5.41 Å². The summed E-state index contributed by atoms with van der Waals surface area (Å²) in [6.07, 6.45) is 6.67. The van der Waals surface area contributed by atoms with E-state index >= 15 is 0 Å². The molecule has 2 fully saturated rings. The van der Waals surface area contributed by atoms with Gasteiger partial charge in [0.2, 0.25) is 5.91 Å². The number of carbonyl (C=O) groups excluding carboxylic acids is 1. The lowest BCUT2D eigenvalue weighted by molar-refractivity contribution is -0.138. The van der Waals surface area contributed by atoms with Gasteiger partial charge < -0.3 is 18.8 Å². The van der Waals surface area contributed by atoms with E-state index in [0.29, 0.717) is 19.0 Å². The van der Waals surface area contributed by atoms with Gasteiger partial charge in [-0.05, 0) is 43.4 Å². The Morgan fingerprint density at radius 2 is 1.90 bits per heavy atom. The fraction of sp³-hybridized carbons (Fsp3) is 0.583. The third-order valence-electron chi connectivity index (χ3n) is 7.11. The first-order valence-electron chi connectivity index (χ1n) is 11.2. The Kier molecular flexibility index (Phi) is 5.27. The third kappa shape index (κ3) is 3.41. The molecule has 1 aliphatic carbocycles. The molecule has 0 radical (unpaired) electrons. The highest BCUT2D eigenvalue weighted by molar-refractivity contribution is 5.89. The summed E-state index contributed by atoms with van der Waals surface area (Å²) in [5.41, 5.74) is 1.63. The molecule has 0 bridgehead atoms. The Hall–Kier alpha value is -2.34. The highest BCUT2D eigenvalue weighted by Gasteiger charge is 2.45. The number of nitrogens with zero attached hydrogens (tertiary/aromatic N) is 2. The van der Waals surface area contributed by atoms with Crippen LogP contribution in [0.3, 0.4) is 0 Å². The van der Waals surface area contributed by atoms with Crippen molar-refractivity contribution in [3.05, 3.63) is 47.2 Å². The number of oxazole rings is 1. The van der Waals surface area contributed by atoms with E-state index in [-0.39, 0.29) is 5.91 Å². The summed E-state index contributed by atoms with van der Waals surface area (Å²) in [5, 5.41) is 0. The van der Waals surface area contributed by atoms with E-state index in [1.807, 2.05) is 17.0 Å². The molecule has 1 saturated heterocycles. The number of methoxy groups -OCH3 is 1. The van der Waals surface area contributed by atoms with E-state index in [1.54, 1.807) is 7.11 Å². The maximum atomic E-state index is 13.8. The van der Waals surface area contributed by atoms with Crippen molar-refractivity contribution in [1.29, 1.82) is 0 Å². The second-order valence-electron chi connectivity index (χ2n) is 8.80. The van der Waals surface area contributed by atoms with Crippen LogP contribution < -0.4 is 4.74 Å². The molecule has 30 heavy (non-hydrogen) atoms. The molecule has 6 nitrogen and oxygen atoms in total. The van der Waals surface area contributed by atoms with Gasteiger partial charge in [0.25, 0.3) is 0 Å². The molecule has 0 N–H and O–H groups in total. The van der Waals surface area contributed by atoms with Crippen molar-refractivity contribution in [2.24, 2.45) is 0 Å². The van der Waals surface area contributed by atoms with Crippen molar-refractivity contribution >= 4 is 5.91 Å². The summed E-state index contributed by atoms with van der Waals surface area (Å²) in [6.45, 7) is 2.80. The van der Waals surface area contributed by atoms with Crippen molar-refractivity contribution in [3.8, 4) is 5.75 Å². The Balaban J connectivity index is 1.37. The highest BCUT2D eigenvalue weighted by Crippen LogP contribution is 2.44. The fourth-order valence-corrected chi connectivity index (χ4v) is 5.33. The predicted molar refractivity (Wildman–Crippen MR) is 112 cm³/mol. The normalized spacial score (nSPS) is 21.4. The van der Waals surface area contributed by atoms with Gasteiger partial charge in [-0.1, -0.05) is 25.0 Å². The molecule has 1 aromatic carbocycles. The number of rotatable bonds is 4. The third-order valence-corrected chi connectivity index (χ3v) is 7.11. The summed E-state index contributed by atoms with van der Waals surface area (Å²) >= 11 is 0. The van der Waals surface area contributed by atoms with Gasteiger partial charge in [0, 0.05) is 32.1 Å². The highest BCUT2D eigenvalue weighted by atomic mass is 16.5. The van der Waals surface area contributed by atoms with Crippen molar-refractivity contribution in [2.75, 3.05) is 26.9 Å². The van der Waals surface area contributed by atoms with Crippen LogP contribution in [0.2, 0.25) is 0 Å². The molecule has 160 valence electrons. The lowest BCUT2D eigenvalue weighted by atomic mass is 9.77. The largest absolute Gasteiger partial charge is 0.497 e. The molecule has 3 aliphatic rings. The summed E-state index contributed by atoms with van der Waals surface area (Å²) in [6, 6.07) is 8.07. The fourth-order valence-electron chi connectivity index (χ4n) is 5.33. The Morgan fingerprint density at radius 1 is 1.17 bits per heavy atom. The average molecular weight is 411 g/mol. The first-order valence-corrected chi connectivity index (χ1v) is 11.2. The summed E-state index contributed by atoms with van der Waals surface area (Å²) in [4.78, 5) is 20.6. The number of hydrogen-bond acceptors (Lipinski definition) is 5. The van der Waals surface area contributed by atoms with Crippen LogP contribution >= 0.6 is 0 Å². The minimum Gasteiger partial charge on any atom is -0.497 e. The van der Waals surface area contributed by atoms with E-state index in [4.69, 9.17) is 18.9 Å². The Morgan fingerprint density at radius 3 is 2.60 bits per heavy atom. The Bertz CT molecular complexity index is 892. The molecule has 0 atom stereocenters. The predicted octanol–water partition coefficient (Wildman–Crippen LogP) is 3.97. The van der Waals surface area contributed by atoms with Crippen LogP contribution in [0.25, 0.3) is 0 Å². The number of benzene rings is 1. The van der Waals surface area contributed by atoms with Crippen LogP contribution in [0.15, 0.2) is 28.7 Å². The molecular weight excluding hydrogens is 380 g/mol. The van der Waals surface area contributed by atoms with Gasteiger partial charge in [-0.15, -0.1) is 0 Å². The quantitative estimate of drug-likeness (QED) is 0.763. The Labute approximate surface area is 177 Å². The zero-order valence-electron chi connectivity index (χ0n) is 17.7. The van der Waals surface area contributed by atoms with Crippen LogP contribution in [0, 0.1) is 0 Å². The lowest BCUT2D eigenvalue weighted by Gasteiger charge is -2.36. The topological polar surface area (TPSA) is 64.8 Å². The molecule has 5 rings (SSSR count). The maximum Gasteiger partial charge on any atom is 0.233 e. The second-order valence-corrected chi connectivity index (χ2v) is 8.80. The SMILES string of the molecule is COc1ccc(C2(C(=O)N3CCc4oc(C5CCOCC5)nc4C3)CCCC2)cc1. The van der Waals surface area contributed by atoms with E-state index in [9.17, 15) is 4.79 Å². The molecule has 1 amide bonds. The number of hydrogen-bond donors (Lipinski definition) is 0.